The van der Waals surface area contributed by atoms with Crippen molar-refractivity contribution in [3.05, 3.63) is 70.4 Å². The van der Waals surface area contributed by atoms with E-state index in [9.17, 15) is 18.0 Å². The Balaban J connectivity index is 1.29. The van der Waals surface area contributed by atoms with Gasteiger partial charge in [-0.05, 0) is 41.8 Å². The van der Waals surface area contributed by atoms with Crippen LogP contribution in [0.25, 0.3) is 0 Å². The summed E-state index contributed by atoms with van der Waals surface area (Å²) in [6.45, 7) is 5.78. The highest BCUT2D eigenvalue weighted by Crippen LogP contribution is 2.39. The molecule has 2 aromatic heterocycles. The number of piperazine rings is 1. The number of hydrogen-bond acceptors (Lipinski definition) is 7. The lowest BCUT2D eigenvalue weighted by Gasteiger charge is -2.41. The molecule has 206 valence electrons. The third kappa shape index (κ3) is 4.92. The monoisotopic (exact) mass is 541 g/mol. The topological polar surface area (TPSA) is 88.4 Å². The number of anilines is 1. The fourth-order valence-corrected chi connectivity index (χ4v) is 5.66. The highest BCUT2D eigenvalue weighted by Gasteiger charge is 2.43. The Morgan fingerprint density at radius 1 is 1.21 bits per heavy atom. The molecule has 1 atom stereocenters. The minimum atomic E-state index is -4.62. The van der Waals surface area contributed by atoms with Gasteiger partial charge in [0.1, 0.15) is 23.7 Å². The number of halogens is 3. The second-order valence-electron chi connectivity index (χ2n) is 10.9. The fraction of sp³-hybridized carbons (Fsp3) is 0.481. The van der Waals surface area contributed by atoms with Gasteiger partial charge >= 0.3 is 6.18 Å². The molecule has 0 saturated carbocycles. The normalized spacial score (nSPS) is 21.2. The summed E-state index contributed by atoms with van der Waals surface area (Å²) in [5.41, 5.74) is 1.34. The predicted molar refractivity (Wildman–Crippen MR) is 136 cm³/mol. The summed E-state index contributed by atoms with van der Waals surface area (Å²) in [7, 11) is 1.88. The molecule has 2 saturated heterocycles. The maximum absolute atomic E-state index is 13.8. The molecule has 3 aromatic rings. The second kappa shape index (κ2) is 9.68. The summed E-state index contributed by atoms with van der Waals surface area (Å²) in [5.74, 6) is 0.479. The van der Waals surface area contributed by atoms with E-state index in [0.29, 0.717) is 37.3 Å². The van der Waals surface area contributed by atoms with Crippen LogP contribution in [0.2, 0.25) is 0 Å². The van der Waals surface area contributed by atoms with E-state index in [0.717, 1.165) is 42.7 Å². The Morgan fingerprint density at radius 2 is 2.03 bits per heavy atom. The number of carbonyl (C=O) groups excluding carboxylic acids is 1. The van der Waals surface area contributed by atoms with Crippen LogP contribution in [0.3, 0.4) is 0 Å². The van der Waals surface area contributed by atoms with Gasteiger partial charge in [-0.2, -0.15) is 13.2 Å². The average Bonchev–Trinajstić information content (AvgIpc) is 3.42. The van der Waals surface area contributed by atoms with E-state index in [-0.39, 0.29) is 29.7 Å². The van der Waals surface area contributed by atoms with E-state index in [4.69, 9.17) is 4.74 Å². The first kappa shape index (κ1) is 25.9. The third-order valence-electron chi connectivity index (χ3n) is 7.88. The summed E-state index contributed by atoms with van der Waals surface area (Å²) in [4.78, 5) is 20.9. The molecule has 3 aliphatic heterocycles. The summed E-state index contributed by atoms with van der Waals surface area (Å²) in [6.07, 6.45) is -2.38. The largest absolute Gasteiger partial charge is 0.433 e. The van der Waals surface area contributed by atoms with Crippen molar-refractivity contribution < 1.29 is 22.7 Å². The van der Waals surface area contributed by atoms with Gasteiger partial charge in [0.15, 0.2) is 0 Å². The second-order valence-corrected chi connectivity index (χ2v) is 10.9. The Kier molecular flexibility index (Phi) is 6.43. The molecule has 1 aromatic carbocycles. The van der Waals surface area contributed by atoms with Crippen LogP contribution in [-0.2, 0) is 42.9 Å². The predicted octanol–water partition coefficient (Wildman–Crippen LogP) is 2.69. The average molecular weight is 542 g/mol. The molecule has 0 radical (unpaired) electrons. The maximum atomic E-state index is 13.8. The first-order valence-electron chi connectivity index (χ1n) is 13.0. The van der Waals surface area contributed by atoms with Crippen LogP contribution in [0.15, 0.2) is 36.7 Å². The molecule has 9 nitrogen and oxygen atoms in total. The summed E-state index contributed by atoms with van der Waals surface area (Å²) in [6, 6.07) is 8.68. The fourth-order valence-electron chi connectivity index (χ4n) is 5.66. The summed E-state index contributed by atoms with van der Waals surface area (Å²) >= 11 is 0. The van der Waals surface area contributed by atoms with Gasteiger partial charge in [-0.15, -0.1) is 10.2 Å². The van der Waals surface area contributed by atoms with E-state index in [1.807, 2.05) is 36.7 Å². The van der Waals surface area contributed by atoms with Crippen molar-refractivity contribution in [2.75, 3.05) is 37.7 Å². The molecule has 0 unspecified atom stereocenters. The minimum Gasteiger partial charge on any atom is -0.379 e. The van der Waals surface area contributed by atoms with Crippen molar-refractivity contribution >= 4 is 11.7 Å². The quantitative estimate of drug-likeness (QED) is 0.514. The molecule has 12 heteroatoms. The van der Waals surface area contributed by atoms with Crippen LogP contribution in [-0.4, -0.2) is 69.4 Å². The van der Waals surface area contributed by atoms with Crippen LogP contribution < -0.4 is 10.2 Å². The highest BCUT2D eigenvalue weighted by molar-refractivity contribution is 6.09. The van der Waals surface area contributed by atoms with Gasteiger partial charge in [-0.1, -0.05) is 12.1 Å². The molecule has 6 rings (SSSR count). The standard InChI is InChI=1S/C27H30F3N7O2/c1-17-11-36(6-5-31-17)12-18-7-22(27(28,29)30)33-23(8-18)37-13-19-3-4-20(9-21(19)25(37)38)26(14-39-15-26)10-24-34-32-16-35(24)2/h3-4,7-9,16-17,31H,5-6,10-15H2,1-2H3/t17-/m1/s1. The van der Waals surface area contributed by atoms with Crippen LogP contribution in [0.5, 0.6) is 0 Å². The number of hydrogen-bond donors (Lipinski definition) is 1. The number of nitrogens with one attached hydrogen (secondary N) is 1. The number of benzene rings is 1. The van der Waals surface area contributed by atoms with Crippen molar-refractivity contribution in [3.8, 4) is 0 Å². The number of alkyl halides is 3. The number of amides is 1. The van der Waals surface area contributed by atoms with E-state index in [1.54, 1.807) is 12.4 Å². The van der Waals surface area contributed by atoms with Crippen LogP contribution in [0, 0.1) is 0 Å². The van der Waals surface area contributed by atoms with Crippen LogP contribution >= 0.6 is 0 Å². The Bertz CT molecular complexity index is 1400. The molecule has 0 spiro atoms. The zero-order chi connectivity index (χ0) is 27.4. The minimum absolute atomic E-state index is 0.0199. The maximum Gasteiger partial charge on any atom is 0.433 e. The lowest BCUT2D eigenvalue weighted by molar-refractivity contribution is -0.141. The highest BCUT2D eigenvalue weighted by atomic mass is 19.4. The van der Waals surface area contributed by atoms with Crippen molar-refractivity contribution in [2.24, 2.45) is 7.05 Å². The molecule has 2 fully saturated rings. The number of pyridine rings is 1. The number of rotatable bonds is 6. The van der Waals surface area contributed by atoms with E-state index < -0.39 is 11.9 Å². The molecular weight excluding hydrogens is 511 g/mol. The molecule has 39 heavy (non-hydrogen) atoms. The number of fused-ring (bicyclic) bond motifs is 1. The smallest absolute Gasteiger partial charge is 0.379 e. The first-order chi connectivity index (χ1) is 18.6. The summed E-state index contributed by atoms with van der Waals surface area (Å²) < 4.78 is 48.9. The first-order valence-corrected chi connectivity index (χ1v) is 13.0. The Labute approximate surface area is 224 Å². The molecule has 0 aliphatic carbocycles. The number of carbonyl (C=O) groups is 1. The van der Waals surface area contributed by atoms with Crippen LogP contribution in [0.4, 0.5) is 19.0 Å². The molecule has 1 amide bonds. The molecular formula is C27H30F3N7O2. The van der Waals surface area contributed by atoms with Gasteiger partial charge in [0.25, 0.3) is 5.91 Å². The third-order valence-corrected chi connectivity index (χ3v) is 7.88. The number of aryl methyl sites for hydroxylation is 1. The number of aromatic nitrogens is 4. The van der Waals surface area contributed by atoms with Gasteiger partial charge < -0.3 is 14.6 Å². The van der Waals surface area contributed by atoms with Crippen LogP contribution in [0.1, 0.15) is 45.5 Å². The molecule has 1 N–H and O–H groups in total. The molecule has 5 heterocycles. The van der Waals surface area contributed by atoms with Crippen molar-refractivity contribution in [2.45, 2.75) is 44.1 Å². The lowest BCUT2D eigenvalue weighted by Crippen LogP contribution is -2.49. The van der Waals surface area contributed by atoms with Gasteiger partial charge in [0, 0.05) is 56.7 Å². The van der Waals surface area contributed by atoms with Gasteiger partial charge in [-0.3, -0.25) is 14.6 Å². The molecule has 3 aliphatic rings. The zero-order valence-corrected chi connectivity index (χ0v) is 21.8. The zero-order valence-electron chi connectivity index (χ0n) is 21.8. The Morgan fingerprint density at radius 3 is 2.69 bits per heavy atom. The van der Waals surface area contributed by atoms with Crippen molar-refractivity contribution in [1.82, 2.24) is 30.0 Å². The van der Waals surface area contributed by atoms with Gasteiger partial charge in [-0.25, -0.2) is 4.98 Å². The number of nitrogens with zero attached hydrogens (tertiary/aromatic N) is 6. The van der Waals surface area contributed by atoms with Crippen molar-refractivity contribution in [1.29, 1.82) is 0 Å². The van der Waals surface area contributed by atoms with Gasteiger partial charge in [0.05, 0.1) is 19.8 Å². The SMILES string of the molecule is C[C@@H]1CN(Cc2cc(N3Cc4ccc(C5(Cc6nncn6C)COC5)cc4C3=O)nc(C(F)(F)F)c2)CCN1. The van der Waals surface area contributed by atoms with E-state index >= 15 is 0 Å². The Hall–Kier alpha value is -3.35. The van der Waals surface area contributed by atoms with E-state index in [2.05, 4.69) is 25.4 Å². The number of ether oxygens (including phenoxy) is 1. The summed E-state index contributed by atoms with van der Waals surface area (Å²) in [5, 5.41) is 11.5. The van der Waals surface area contributed by atoms with Crippen molar-refractivity contribution in [3.63, 3.8) is 0 Å². The lowest BCUT2D eigenvalue weighted by atomic mass is 9.75. The van der Waals surface area contributed by atoms with Gasteiger partial charge in [0.2, 0.25) is 0 Å². The van der Waals surface area contributed by atoms with E-state index in [1.165, 1.54) is 4.90 Å². The molecule has 0 bridgehead atoms.